The van der Waals surface area contributed by atoms with Crippen LogP contribution in [0.5, 0.6) is 0 Å². The van der Waals surface area contributed by atoms with E-state index >= 15 is 0 Å². The molecule has 0 N–H and O–H groups in total. The molecule has 82 valence electrons. The number of esters is 1. The normalized spacial score (nSPS) is 10.0. The van der Waals surface area contributed by atoms with E-state index in [-0.39, 0.29) is 11.7 Å². The zero-order valence-corrected chi connectivity index (χ0v) is 9.98. The monoisotopic (exact) mass is 245 g/mol. The molecule has 0 radical (unpaired) electrons. The molecule has 0 bridgehead atoms. The number of halogens is 1. The van der Waals surface area contributed by atoms with Crippen molar-refractivity contribution in [2.75, 3.05) is 12.4 Å². The average molecular weight is 246 g/mol. The molecule has 1 aromatic heterocycles. The van der Waals surface area contributed by atoms with Crippen LogP contribution in [-0.2, 0) is 9.53 Å². The van der Waals surface area contributed by atoms with Crippen LogP contribution < -0.4 is 0 Å². The van der Waals surface area contributed by atoms with Crippen LogP contribution in [0.3, 0.4) is 0 Å². The van der Waals surface area contributed by atoms with Crippen LogP contribution in [-0.4, -0.2) is 23.3 Å². The number of rotatable bonds is 5. The quantitative estimate of drug-likeness (QED) is 0.454. The van der Waals surface area contributed by atoms with Gasteiger partial charge in [0.05, 0.1) is 17.4 Å². The molecule has 0 atom stereocenters. The van der Waals surface area contributed by atoms with Crippen LogP contribution in [0.15, 0.2) is 23.2 Å². The van der Waals surface area contributed by atoms with Gasteiger partial charge in [-0.1, -0.05) is 36.4 Å². The molecule has 0 saturated carbocycles. The predicted molar refractivity (Wildman–Crippen MR) is 61.2 cm³/mol. The van der Waals surface area contributed by atoms with Crippen molar-refractivity contribution in [3.63, 3.8) is 0 Å². The van der Waals surface area contributed by atoms with Crippen LogP contribution in [0.2, 0.25) is 5.15 Å². The Hall–Kier alpha value is -0.740. The third-order valence-electron chi connectivity index (χ3n) is 1.49. The van der Waals surface area contributed by atoms with Gasteiger partial charge in [0.15, 0.2) is 0 Å². The zero-order chi connectivity index (χ0) is 11.1. The van der Waals surface area contributed by atoms with Gasteiger partial charge >= 0.3 is 5.97 Å². The third-order valence-corrected chi connectivity index (χ3v) is 2.61. The van der Waals surface area contributed by atoms with E-state index in [0.29, 0.717) is 11.8 Å². The lowest BCUT2D eigenvalue weighted by Gasteiger charge is -2.02. The molecule has 0 aliphatic heterocycles. The van der Waals surface area contributed by atoms with E-state index < -0.39 is 0 Å². The molecule has 0 unspecified atom stereocenters. The maximum absolute atomic E-state index is 11.2. The molecule has 1 rings (SSSR count). The van der Waals surface area contributed by atoms with Gasteiger partial charge in [0.25, 0.3) is 0 Å². The number of carbonyl (C=O) groups is 1. The van der Waals surface area contributed by atoms with E-state index in [1.54, 1.807) is 12.1 Å². The number of aromatic nitrogens is 1. The van der Waals surface area contributed by atoms with E-state index in [1.807, 2.05) is 13.0 Å². The summed E-state index contributed by atoms with van der Waals surface area (Å²) in [5.41, 5.74) is 0. The Morgan fingerprint density at radius 1 is 1.60 bits per heavy atom. The Balaban J connectivity index is 2.33. The zero-order valence-electron chi connectivity index (χ0n) is 8.40. The predicted octanol–water partition coefficient (Wildman–Crippen LogP) is 2.78. The van der Waals surface area contributed by atoms with Crippen LogP contribution in [0, 0.1) is 0 Å². The van der Waals surface area contributed by atoms with E-state index in [0.717, 1.165) is 11.4 Å². The largest absolute Gasteiger partial charge is 0.465 e. The van der Waals surface area contributed by atoms with Crippen molar-refractivity contribution < 1.29 is 9.53 Å². The van der Waals surface area contributed by atoms with Crippen molar-refractivity contribution in [3.05, 3.63) is 23.4 Å². The van der Waals surface area contributed by atoms with E-state index in [1.165, 1.54) is 11.8 Å². The minimum Gasteiger partial charge on any atom is -0.465 e. The highest BCUT2D eigenvalue weighted by molar-refractivity contribution is 7.99. The molecule has 1 aromatic rings. The highest BCUT2D eigenvalue weighted by atomic mass is 35.5. The second-order valence-electron chi connectivity index (χ2n) is 2.81. The molecule has 15 heavy (non-hydrogen) atoms. The molecular weight excluding hydrogens is 234 g/mol. The summed E-state index contributed by atoms with van der Waals surface area (Å²) in [4.78, 5) is 15.2. The summed E-state index contributed by atoms with van der Waals surface area (Å²) in [7, 11) is 0. The summed E-state index contributed by atoms with van der Waals surface area (Å²) >= 11 is 7.03. The maximum atomic E-state index is 11.2. The smallest absolute Gasteiger partial charge is 0.316 e. The molecule has 0 aliphatic carbocycles. The van der Waals surface area contributed by atoms with E-state index in [4.69, 9.17) is 16.3 Å². The van der Waals surface area contributed by atoms with Crippen molar-refractivity contribution in [2.45, 2.75) is 18.4 Å². The van der Waals surface area contributed by atoms with Crippen molar-refractivity contribution in [1.29, 1.82) is 0 Å². The maximum Gasteiger partial charge on any atom is 0.316 e. The van der Waals surface area contributed by atoms with Gasteiger partial charge in [-0.2, -0.15) is 0 Å². The minimum atomic E-state index is -0.219. The minimum absolute atomic E-state index is 0.219. The fourth-order valence-corrected chi connectivity index (χ4v) is 1.76. The first kappa shape index (κ1) is 12.3. The number of hydrogen-bond acceptors (Lipinski definition) is 4. The topological polar surface area (TPSA) is 39.2 Å². The summed E-state index contributed by atoms with van der Waals surface area (Å²) in [6.07, 6.45) is 0.839. The molecular formula is C10H12ClNO2S. The standard InChI is InChI=1S/C10H12ClNO2S/c1-2-6-14-10(13)7-15-9-5-3-4-8(11)12-9/h3-5H,2,6-7H2,1H3. The molecule has 1 heterocycles. The van der Waals surface area contributed by atoms with Gasteiger partial charge in [-0.15, -0.1) is 0 Å². The lowest BCUT2D eigenvalue weighted by atomic mass is 10.5. The number of thioether (sulfide) groups is 1. The van der Waals surface area contributed by atoms with Crippen LogP contribution in [0.4, 0.5) is 0 Å². The van der Waals surface area contributed by atoms with E-state index in [2.05, 4.69) is 4.98 Å². The Labute approximate surface area is 98.2 Å². The molecule has 0 aliphatic rings. The molecule has 0 amide bonds. The fraction of sp³-hybridized carbons (Fsp3) is 0.400. The van der Waals surface area contributed by atoms with Crippen molar-refractivity contribution >= 4 is 29.3 Å². The lowest BCUT2D eigenvalue weighted by Crippen LogP contribution is -2.07. The van der Waals surface area contributed by atoms with Crippen molar-refractivity contribution in [2.24, 2.45) is 0 Å². The first-order chi connectivity index (χ1) is 7.22. The average Bonchev–Trinajstić information content (AvgIpc) is 2.23. The molecule has 0 fully saturated rings. The van der Waals surface area contributed by atoms with Gasteiger partial charge in [-0.05, 0) is 18.6 Å². The molecule has 0 spiro atoms. The summed E-state index contributed by atoms with van der Waals surface area (Å²) in [5.74, 6) is 0.0523. The lowest BCUT2D eigenvalue weighted by molar-refractivity contribution is -0.140. The van der Waals surface area contributed by atoms with Crippen LogP contribution >= 0.6 is 23.4 Å². The number of nitrogens with zero attached hydrogens (tertiary/aromatic N) is 1. The van der Waals surface area contributed by atoms with Crippen LogP contribution in [0.25, 0.3) is 0 Å². The summed E-state index contributed by atoms with van der Waals surface area (Å²) in [5, 5.41) is 1.16. The summed E-state index contributed by atoms with van der Waals surface area (Å²) < 4.78 is 4.92. The van der Waals surface area contributed by atoms with Gasteiger partial charge in [-0.3, -0.25) is 4.79 Å². The van der Waals surface area contributed by atoms with Crippen LogP contribution in [0.1, 0.15) is 13.3 Å². The molecule has 3 nitrogen and oxygen atoms in total. The number of ether oxygens (including phenoxy) is 1. The second-order valence-corrected chi connectivity index (χ2v) is 4.19. The van der Waals surface area contributed by atoms with Gasteiger partial charge < -0.3 is 4.74 Å². The van der Waals surface area contributed by atoms with Crippen molar-refractivity contribution in [3.8, 4) is 0 Å². The first-order valence-electron chi connectivity index (χ1n) is 4.63. The first-order valence-corrected chi connectivity index (χ1v) is 5.99. The SMILES string of the molecule is CCCOC(=O)CSc1cccc(Cl)n1. The third kappa shape index (κ3) is 5.04. The summed E-state index contributed by atoms with van der Waals surface area (Å²) in [6.45, 7) is 2.43. The highest BCUT2D eigenvalue weighted by Crippen LogP contribution is 2.17. The van der Waals surface area contributed by atoms with E-state index in [9.17, 15) is 4.79 Å². The summed E-state index contributed by atoms with van der Waals surface area (Å²) in [6, 6.07) is 5.31. The van der Waals surface area contributed by atoms with Gasteiger partial charge in [0.1, 0.15) is 5.15 Å². The van der Waals surface area contributed by atoms with Gasteiger partial charge in [0, 0.05) is 0 Å². The number of pyridine rings is 1. The Morgan fingerprint density at radius 3 is 3.07 bits per heavy atom. The molecule has 0 aromatic carbocycles. The Bertz CT molecular complexity index is 333. The molecule has 0 saturated heterocycles. The van der Waals surface area contributed by atoms with Crippen molar-refractivity contribution in [1.82, 2.24) is 4.98 Å². The fourth-order valence-electron chi connectivity index (χ4n) is 0.860. The second kappa shape index (κ2) is 6.69. The van der Waals surface area contributed by atoms with Gasteiger partial charge in [0.2, 0.25) is 0 Å². The Kier molecular flexibility index (Phi) is 5.50. The number of carbonyl (C=O) groups excluding carboxylic acids is 1. The van der Waals surface area contributed by atoms with Gasteiger partial charge in [-0.25, -0.2) is 4.98 Å². The highest BCUT2D eigenvalue weighted by Gasteiger charge is 2.04. The number of hydrogen-bond donors (Lipinski definition) is 0. The molecule has 5 heteroatoms. The Morgan fingerprint density at radius 2 is 2.40 bits per heavy atom.